The molecule has 0 aliphatic heterocycles. The Balaban J connectivity index is 1.01. The maximum atomic E-state index is 14.8. The number of aliphatic hydroxyl groups is 1. The highest BCUT2D eigenvalue weighted by molar-refractivity contribution is 7.99. The van der Waals surface area contributed by atoms with Gasteiger partial charge in [-0.3, -0.25) is 4.79 Å². The van der Waals surface area contributed by atoms with Gasteiger partial charge >= 0.3 is 12.1 Å². The smallest absolute Gasteiger partial charge is 0.383 e. The lowest BCUT2D eigenvalue weighted by Gasteiger charge is -2.60. The summed E-state index contributed by atoms with van der Waals surface area (Å²) in [5.74, 6) is -4.06. The minimum absolute atomic E-state index is 0.0172. The van der Waals surface area contributed by atoms with Crippen LogP contribution in [0.2, 0.25) is 0 Å². The standard InChI is InChI=1S/C40H57F5O2S/c1-36-28-29(17-13-10-8-6-4-3-5-7-9-11-16-26-48-31-18-14-12-15-19-31)35(46)27-30(36)20-21-32-33(36)22-24-37(2)34(32)23-25-38(37,47)39(41,42)40(43,44)45/h12,14-15,18-19,27,29,32-34,47H,3-11,13,16-17,20-26,28H2,1-2H3/t29?,32-,33+,34+,36+,37+,38+/m1/s1. The molecule has 0 aromatic heterocycles. The summed E-state index contributed by atoms with van der Waals surface area (Å²) in [5, 5.41) is 11.1. The van der Waals surface area contributed by atoms with Gasteiger partial charge in [-0.15, -0.1) is 11.8 Å². The van der Waals surface area contributed by atoms with E-state index >= 15 is 0 Å². The van der Waals surface area contributed by atoms with E-state index in [9.17, 15) is 31.9 Å². The van der Waals surface area contributed by atoms with Crippen molar-refractivity contribution in [1.29, 1.82) is 0 Å². The number of alkyl halides is 5. The van der Waals surface area contributed by atoms with E-state index < -0.39 is 29.5 Å². The largest absolute Gasteiger partial charge is 0.456 e. The molecule has 1 aromatic carbocycles. The third kappa shape index (κ3) is 7.46. The van der Waals surface area contributed by atoms with Crippen LogP contribution in [0.15, 0.2) is 46.9 Å². The minimum atomic E-state index is -5.79. The predicted molar refractivity (Wildman–Crippen MR) is 184 cm³/mol. The summed E-state index contributed by atoms with van der Waals surface area (Å²) in [6.07, 6.45) is 13.0. The predicted octanol–water partition coefficient (Wildman–Crippen LogP) is 12.1. The molecular formula is C40H57F5O2S. The summed E-state index contributed by atoms with van der Waals surface area (Å²) < 4.78 is 70.2. The second kappa shape index (κ2) is 15.5. The Kier molecular flexibility index (Phi) is 12.2. The van der Waals surface area contributed by atoms with Crippen LogP contribution < -0.4 is 0 Å². The molecule has 48 heavy (non-hydrogen) atoms. The van der Waals surface area contributed by atoms with Gasteiger partial charge in [0.25, 0.3) is 0 Å². The van der Waals surface area contributed by atoms with Gasteiger partial charge in [-0.2, -0.15) is 22.0 Å². The average molecular weight is 697 g/mol. The van der Waals surface area contributed by atoms with Crippen LogP contribution in [0.5, 0.6) is 0 Å². The van der Waals surface area contributed by atoms with Gasteiger partial charge in [-0.25, -0.2) is 0 Å². The van der Waals surface area contributed by atoms with Gasteiger partial charge in [0.1, 0.15) is 5.60 Å². The first-order chi connectivity index (χ1) is 22.7. The number of allylic oxidation sites excluding steroid dienone is 1. The summed E-state index contributed by atoms with van der Waals surface area (Å²) >= 11 is 1.94. The number of benzene rings is 1. The molecule has 5 rings (SSSR count). The molecule has 1 aromatic rings. The molecule has 1 unspecified atom stereocenters. The van der Waals surface area contributed by atoms with Crippen molar-refractivity contribution in [3.05, 3.63) is 42.0 Å². The molecular weight excluding hydrogens is 639 g/mol. The summed E-state index contributed by atoms with van der Waals surface area (Å²) in [6, 6.07) is 10.6. The molecule has 4 aliphatic carbocycles. The van der Waals surface area contributed by atoms with Crippen LogP contribution in [0.1, 0.15) is 136 Å². The van der Waals surface area contributed by atoms with Crippen LogP contribution in [0, 0.1) is 34.5 Å². The van der Waals surface area contributed by atoms with Crippen molar-refractivity contribution in [3.63, 3.8) is 0 Å². The molecule has 3 saturated carbocycles. The molecule has 0 spiro atoms. The number of ketones is 1. The first kappa shape index (κ1) is 37.8. The third-order valence-electron chi connectivity index (χ3n) is 13.4. The number of unbranched alkanes of at least 4 members (excludes halogenated alkanes) is 10. The van der Waals surface area contributed by atoms with Gasteiger partial charge in [-0.1, -0.05) is 102 Å². The van der Waals surface area contributed by atoms with Crippen molar-refractivity contribution in [2.45, 2.75) is 158 Å². The van der Waals surface area contributed by atoms with Gasteiger partial charge in [-0.05, 0) is 105 Å². The van der Waals surface area contributed by atoms with E-state index in [1.54, 1.807) is 0 Å². The monoisotopic (exact) mass is 696 g/mol. The number of halogens is 5. The fraction of sp³-hybridized carbons (Fsp3) is 0.775. The maximum Gasteiger partial charge on any atom is 0.456 e. The van der Waals surface area contributed by atoms with Crippen molar-refractivity contribution in [2.24, 2.45) is 34.5 Å². The number of hydrogen-bond acceptors (Lipinski definition) is 3. The number of carbonyl (C=O) groups is 1. The van der Waals surface area contributed by atoms with Crippen molar-refractivity contribution in [1.82, 2.24) is 0 Å². The van der Waals surface area contributed by atoms with Crippen LogP contribution in [-0.2, 0) is 4.79 Å². The molecule has 0 radical (unpaired) electrons. The van der Waals surface area contributed by atoms with Crippen LogP contribution in [0.3, 0.4) is 0 Å². The van der Waals surface area contributed by atoms with E-state index in [0.29, 0.717) is 19.3 Å². The summed E-state index contributed by atoms with van der Waals surface area (Å²) in [4.78, 5) is 14.5. The Hall–Kier alpha value is -1.41. The lowest BCUT2D eigenvalue weighted by molar-refractivity contribution is -0.363. The van der Waals surface area contributed by atoms with Crippen molar-refractivity contribution in [2.75, 3.05) is 5.75 Å². The van der Waals surface area contributed by atoms with Gasteiger partial charge in [0.2, 0.25) is 0 Å². The number of rotatable bonds is 16. The Morgan fingerprint density at radius 1 is 0.792 bits per heavy atom. The lowest BCUT2D eigenvalue weighted by Crippen LogP contribution is -2.65. The minimum Gasteiger partial charge on any atom is -0.383 e. The van der Waals surface area contributed by atoms with E-state index in [1.807, 2.05) is 17.8 Å². The van der Waals surface area contributed by atoms with Gasteiger partial charge in [0, 0.05) is 16.2 Å². The molecule has 3 fully saturated rings. The highest BCUT2D eigenvalue weighted by Crippen LogP contribution is 2.71. The summed E-state index contributed by atoms with van der Waals surface area (Å²) in [7, 11) is 0. The second-order valence-electron chi connectivity index (χ2n) is 16.1. The number of fused-ring (bicyclic) bond motifs is 5. The zero-order valence-corrected chi connectivity index (χ0v) is 29.9. The van der Waals surface area contributed by atoms with E-state index in [-0.39, 0.29) is 47.7 Å². The van der Waals surface area contributed by atoms with Crippen molar-refractivity contribution in [3.8, 4) is 0 Å². The lowest BCUT2D eigenvalue weighted by atomic mass is 9.45. The van der Waals surface area contributed by atoms with Crippen LogP contribution >= 0.6 is 11.8 Å². The van der Waals surface area contributed by atoms with Crippen molar-refractivity contribution < 1.29 is 31.9 Å². The molecule has 7 atom stereocenters. The molecule has 1 N–H and O–H groups in total. The van der Waals surface area contributed by atoms with E-state index in [4.69, 9.17) is 0 Å². The van der Waals surface area contributed by atoms with Crippen LogP contribution in [0.4, 0.5) is 22.0 Å². The fourth-order valence-corrected chi connectivity index (χ4v) is 11.5. The first-order valence-electron chi connectivity index (χ1n) is 18.8. The topological polar surface area (TPSA) is 37.3 Å². The highest BCUT2D eigenvalue weighted by atomic mass is 32.2. The van der Waals surface area contributed by atoms with Crippen LogP contribution in [-0.4, -0.2) is 34.3 Å². The zero-order valence-electron chi connectivity index (χ0n) is 29.1. The summed E-state index contributed by atoms with van der Waals surface area (Å²) in [5.41, 5.74) is -3.67. The number of hydrogen-bond donors (Lipinski definition) is 1. The number of carbonyl (C=O) groups excluding carboxylic acids is 1. The van der Waals surface area contributed by atoms with Gasteiger partial charge in [0.05, 0.1) is 0 Å². The zero-order chi connectivity index (χ0) is 34.6. The molecule has 270 valence electrons. The van der Waals surface area contributed by atoms with Crippen LogP contribution in [0.25, 0.3) is 0 Å². The maximum absolute atomic E-state index is 14.8. The Morgan fingerprint density at radius 2 is 1.38 bits per heavy atom. The molecule has 0 saturated heterocycles. The number of thioether (sulfide) groups is 1. The molecule has 4 aliphatic rings. The van der Waals surface area contributed by atoms with Gasteiger partial charge < -0.3 is 5.11 Å². The van der Waals surface area contributed by atoms with E-state index in [1.165, 1.54) is 75.4 Å². The fourth-order valence-electron chi connectivity index (χ4n) is 10.5. The Bertz CT molecular complexity index is 1250. The van der Waals surface area contributed by atoms with Gasteiger partial charge in [0.15, 0.2) is 5.78 Å². The normalized spacial score (nSPS) is 33.6. The van der Waals surface area contributed by atoms with Crippen molar-refractivity contribution >= 4 is 17.5 Å². The second-order valence-corrected chi connectivity index (χ2v) is 17.2. The quantitative estimate of drug-likeness (QED) is 0.106. The molecule has 0 bridgehead atoms. The van der Waals surface area contributed by atoms with E-state index in [0.717, 1.165) is 31.3 Å². The van der Waals surface area contributed by atoms with E-state index in [2.05, 4.69) is 37.3 Å². The summed E-state index contributed by atoms with van der Waals surface area (Å²) in [6.45, 7) is 3.70. The average Bonchev–Trinajstić information content (AvgIpc) is 3.33. The SMILES string of the molecule is C[C@]12CC(CCCCCCCCCCCCCSc3ccccc3)C(=O)C=C1CC[C@@H]1[C@@H]2CC[C@@]2(C)[C@H]1CC[C@@]2(O)C(F)(F)C(F)(F)F. The Morgan fingerprint density at radius 3 is 2.00 bits per heavy atom. The first-order valence-corrected chi connectivity index (χ1v) is 19.8. The molecule has 8 heteroatoms. The molecule has 0 amide bonds. The molecule has 2 nitrogen and oxygen atoms in total. The third-order valence-corrected chi connectivity index (χ3v) is 14.5. The highest BCUT2D eigenvalue weighted by Gasteiger charge is 2.79. The Labute approximate surface area is 289 Å². The molecule has 0 heterocycles.